The molecule has 2 amide bonds. The lowest BCUT2D eigenvalue weighted by molar-refractivity contribution is -0.135. The Morgan fingerprint density at radius 3 is 2.54 bits per heavy atom. The molecular formula is C21H28N2O3. The molecule has 1 aromatic rings. The molecule has 4 rings (SSSR count). The molecule has 2 heterocycles. The number of fused-ring (bicyclic) bond motifs is 1. The molecule has 0 aromatic heterocycles. The summed E-state index contributed by atoms with van der Waals surface area (Å²) in [6.07, 6.45) is 7.27. The molecule has 1 aliphatic carbocycles. The van der Waals surface area contributed by atoms with Crippen molar-refractivity contribution in [3.63, 3.8) is 0 Å². The average Bonchev–Trinajstić information content (AvgIpc) is 3.11. The van der Waals surface area contributed by atoms with Crippen LogP contribution in [0.2, 0.25) is 0 Å². The lowest BCUT2D eigenvalue weighted by atomic mass is 10.0. The van der Waals surface area contributed by atoms with Crippen molar-refractivity contribution in [3.8, 4) is 5.75 Å². The van der Waals surface area contributed by atoms with Crippen LogP contribution in [0.25, 0.3) is 0 Å². The van der Waals surface area contributed by atoms with Crippen LogP contribution in [-0.4, -0.2) is 54.4 Å². The van der Waals surface area contributed by atoms with Crippen LogP contribution in [0.5, 0.6) is 5.75 Å². The van der Waals surface area contributed by atoms with Gasteiger partial charge >= 0.3 is 0 Å². The third-order valence-electron chi connectivity index (χ3n) is 5.95. The van der Waals surface area contributed by atoms with Gasteiger partial charge in [-0.15, -0.1) is 0 Å². The number of carbonyl (C=O) groups is 2. The minimum Gasteiger partial charge on any atom is -0.493 e. The van der Waals surface area contributed by atoms with Gasteiger partial charge in [-0.05, 0) is 55.9 Å². The number of carbonyl (C=O) groups excluding carboxylic acids is 2. The highest BCUT2D eigenvalue weighted by atomic mass is 16.5. The summed E-state index contributed by atoms with van der Waals surface area (Å²) in [5.74, 6) is 1.52. The van der Waals surface area contributed by atoms with Gasteiger partial charge in [-0.2, -0.15) is 0 Å². The Hall–Kier alpha value is -2.04. The summed E-state index contributed by atoms with van der Waals surface area (Å²) in [7, 11) is 0. The maximum Gasteiger partial charge on any atom is 0.253 e. The second-order valence-corrected chi connectivity index (χ2v) is 7.73. The van der Waals surface area contributed by atoms with Crippen molar-refractivity contribution in [3.05, 3.63) is 29.3 Å². The first-order valence-electron chi connectivity index (χ1n) is 10.1. The van der Waals surface area contributed by atoms with Crippen molar-refractivity contribution < 1.29 is 14.3 Å². The summed E-state index contributed by atoms with van der Waals surface area (Å²) in [5.41, 5.74) is 1.87. The highest BCUT2D eigenvalue weighted by Crippen LogP contribution is 2.28. The highest BCUT2D eigenvalue weighted by Gasteiger charge is 2.29. The van der Waals surface area contributed by atoms with Crippen LogP contribution >= 0.6 is 0 Å². The fourth-order valence-corrected chi connectivity index (χ4v) is 4.45. The van der Waals surface area contributed by atoms with Crippen LogP contribution in [0.15, 0.2) is 18.2 Å². The zero-order valence-electron chi connectivity index (χ0n) is 15.4. The number of aryl methyl sites for hydroxylation is 1. The second kappa shape index (κ2) is 7.68. The minimum atomic E-state index is 0.0774. The summed E-state index contributed by atoms with van der Waals surface area (Å²) < 4.78 is 5.64. The zero-order chi connectivity index (χ0) is 17.9. The molecule has 5 heteroatoms. The number of hydrogen-bond acceptors (Lipinski definition) is 3. The summed E-state index contributed by atoms with van der Waals surface area (Å²) >= 11 is 0. The Morgan fingerprint density at radius 1 is 0.923 bits per heavy atom. The summed E-state index contributed by atoms with van der Waals surface area (Å²) in [4.78, 5) is 29.5. The van der Waals surface area contributed by atoms with Crippen molar-refractivity contribution in [2.75, 3.05) is 32.8 Å². The fourth-order valence-electron chi connectivity index (χ4n) is 4.45. The Labute approximate surface area is 155 Å². The van der Waals surface area contributed by atoms with Crippen molar-refractivity contribution in [1.82, 2.24) is 9.80 Å². The van der Waals surface area contributed by atoms with Gasteiger partial charge in [0.15, 0.2) is 0 Å². The summed E-state index contributed by atoms with van der Waals surface area (Å²) in [6.45, 7) is 3.55. The maximum absolute atomic E-state index is 13.0. The monoisotopic (exact) mass is 356 g/mol. The van der Waals surface area contributed by atoms with E-state index in [1.807, 2.05) is 28.0 Å². The molecule has 0 spiro atoms. The van der Waals surface area contributed by atoms with E-state index in [0.29, 0.717) is 19.0 Å². The predicted molar refractivity (Wildman–Crippen MR) is 99.3 cm³/mol. The molecule has 3 aliphatic rings. The number of nitrogens with zero attached hydrogens (tertiary/aromatic N) is 2. The third-order valence-corrected chi connectivity index (χ3v) is 5.95. The molecule has 0 N–H and O–H groups in total. The SMILES string of the molecule is O=C(c1ccc2c(c1)CCCO2)N1CCCN(C(=O)C2CCCC2)CC1. The summed E-state index contributed by atoms with van der Waals surface area (Å²) in [6, 6.07) is 5.79. The van der Waals surface area contributed by atoms with Crippen LogP contribution < -0.4 is 4.74 Å². The van der Waals surface area contributed by atoms with Gasteiger partial charge < -0.3 is 14.5 Å². The van der Waals surface area contributed by atoms with E-state index < -0.39 is 0 Å². The highest BCUT2D eigenvalue weighted by molar-refractivity contribution is 5.94. The van der Waals surface area contributed by atoms with Gasteiger partial charge in [-0.3, -0.25) is 9.59 Å². The molecule has 26 heavy (non-hydrogen) atoms. The van der Waals surface area contributed by atoms with Gasteiger partial charge in [0.25, 0.3) is 5.91 Å². The number of ether oxygens (including phenoxy) is 1. The van der Waals surface area contributed by atoms with Gasteiger partial charge in [0.1, 0.15) is 5.75 Å². The van der Waals surface area contributed by atoms with Crippen molar-refractivity contribution >= 4 is 11.8 Å². The van der Waals surface area contributed by atoms with Gasteiger partial charge in [0, 0.05) is 37.7 Å². The van der Waals surface area contributed by atoms with Crippen molar-refractivity contribution in [2.24, 2.45) is 5.92 Å². The molecule has 1 saturated heterocycles. The van der Waals surface area contributed by atoms with Crippen LogP contribution in [0.1, 0.15) is 54.4 Å². The van der Waals surface area contributed by atoms with E-state index in [1.165, 1.54) is 12.8 Å². The number of benzene rings is 1. The van der Waals surface area contributed by atoms with Crippen LogP contribution in [0.4, 0.5) is 0 Å². The normalized spacial score (nSPS) is 21.1. The van der Waals surface area contributed by atoms with Gasteiger partial charge in [0.05, 0.1) is 6.61 Å². The molecule has 5 nitrogen and oxygen atoms in total. The first-order chi connectivity index (χ1) is 12.7. The lowest BCUT2D eigenvalue weighted by Crippen LogP contribution is -2.39. The second-order valence-electron chi connectivity index (χ2n) is 7.73. The van der Waals surface area contributed by atoms with Crippen molar-refractivity contribution in [1.29, 1.82) is 0 Å². The molecular weight excluding hydrogens is 328 g/mol. The number of rotatable bonds is 2. The molecule has 1 aromatic carbocycles. The van der Waals surface area contributed by atoms with E-state index >= 15 is 0 Å². The first-order valence-corrected chi connectivity index (χ1v) is 10.1. The van der Waals surface area contributed by atoms with Crippen LogP contribution in [-0.2, 0) is 11.2 Å². The molecule has 0 radical (unpaired) electrons. The molecule has 0 bridgehead atoms. The Balaban J connectivity index is 1.40. The standard InChI is InChI=1S/C21H28N2O3/c24-20(16-5-1-2-6-16)22-10-4-11-23(13-12-22)21(25)18-8-9-19-17(15-18)7-3-14-26-19/h8-9,15-16H,1-7,10-14H2. The van der Waals surface area contributed by atoms with Gasteiger partial charge in [0.2, 0.25) is 5.91 Å². The quantitative estimate of drug-likeness (QED) is 0.819. The van der Waals surface area contributed by atoms with Gasteiger partial charge in [-0.1, -0.05) is 12.8 Å². The fraction of sp³-hybridized carbons (Fsp3) is 0.619. The van der Waals surface area contributed by atoms with E-state index in [9.17, 15) is 9.59 Å². The van der Waals surface area contributed by atoms with Crippen LogP contribution in [0, 0.1) is 5.92 Å². The van der Waals surface area contributed by atoms with E-state index in [4.69, 9.17) is 4.74 Å². The lowest BCUT2D eigenvalue weighted by Gasteiger charge is -2.25. The number of hydrogen-bond donors (Lipinski definition) is 0. The Morgan fingerprint density at radius 2 is 1.69 bits per heavy atom. The topological polar surface area (TPSA) is 49.9 Å². The minimum absolute atomic E-state index is 0.0774. The predicted octanol–water partition coefficient (Wildman–Crippen LogP) is 2.88. The summed E-state index contributed by atoms with van der Waals surface area (Å²) in [5, 5.41) is 0. The van der Waals surface area contributed by atoms with Crippen LogP contribution in [0.3, 0.4) is 0 Å². The average molecular weight is 356 g/mol. The molecule has 1 saturated carbocycles. The Kier molecular flexibility index (Phi) is 5.14. The largest absolute Gasteiger partial charge is 0.493 e. The van der Waals surface area contributed by atoms with Crippen molar-refractivity contribution in [2.45, 2.75) is 44.9 Å². The van der Waals surface area contributed by atoms with Gasteiger partial charge in [-0.25, -0.2) is 0 Å². The first kappa shape index (κ1) is 17.4. The number of amides is 2. The maximum atomic E-state index is 13.0. The smallest absolute Gasteiger partial charge is 0.253 e. The van der Waals surface area contributed by atoms with E-state index in [1.54, 1.807) is 0 Å². The van der Waals surface area contributed by atoms with E-state index in [0.717, 1.165) is 68.7 Å². The molecule has 2 fully saturated rings. The molecule has 0 atom stereocenters. The third kappa shape index (κ3) is 3.57. The molecule has 140 valence electrons. The van der Waals surface area contributed by atoms with E-state index in [-0.39, 0.29) is 11.8 Å². The molecule has 0 unspecified atom stereocenters. The molecule has 2 aliphatic heterocycles. The Bertz CT molecular complexity index is 682. The van der Waals surface area contributed by atoms with E-state index in [2.05, 4.69) is 0 Å². The zero-order valence-corrected chi connectivity index (χ0v) is 15.4.